The lowest BCUT2D eigenvalue weighted by molar-refractivity contribution is 0.0939. The molecule has 1 aromatic carbocycles. The van der Waals surface area contributed by atoms with E-state index in [1.807, 2.05) is 26.8 Å². The van der Waals surface area contributed by atoms with Crippen molar-refractivity contribution in [3.8, 4) is 0 Å². The van der Waals surface area contributed by atoms with E-state index in [4.69, 9.17) is 0 Å². The largest absolute Gasteiger partial charge is 0.350 e. The van der Waals surface area contributed by atoms with E-state index in [1.165, 1.54) is 4.31 Å². The van der Waals surface area contributed by atoms with Crippen LogP contribution >= 0.6 is 0 Å². The second kappa shape index (κ2) is 6.28. The Bertz CT molecular complexity index is 670. The summed E-state index contributed by atoms with van der Waals surface area (Å²) in [6.45, 7) is 7.52. The van der Waals surface area contributed by atoms with E-state index in [0.717, 1.165) is 12.0 Å². The fourth-order valence-electron chi connectivity index (χ4n) is 2.72. The second-order valence-electron chi connectivity index (χ2n) is 5.88. The lowest BCUT2D eigenvalue weighted by atomic mass is 10.1. The lowest BCUT2D eigenvalue weighted by Gasteiger charge is -2.23. The van der Waals surface area contributed by atoms with Crippen LogP contribution in [0.15, 0.2) is 18.2 Å². The minimum Gasteiger partial charge on any atom is -0.350 e. The number of carbonyl (C=O) groups excluding carboxylic acids is 1. The molecule has 6 heteroatoms. The number of nitrogens with one attached hydrogen (secondary N) is 1. The molecule has 1 aliphatic heterocycles. The van der Waals surface area contributed by atoms with Gasteiger partial charge in [-0.3, -0.25) is 9.10 Å². The van der Waals surface area contributed by atoms with Crippen molar-refractivity contribution in [3.63, 3.8) is 0 Å². The number of carbonyl (C=O) groups is 1. The molecule has 2 rings (SSSR count). The molecule has 0 bridgehead atoms. The van der Waals surface area contributed by atoms with Crippen LogP contribution in [-0.2, 0) is 16.4 Å². The van der Waals surface area contributed by atoms with Gasteiger partial charge in [0.2, 0.25) is 10.0 Å². The van der Waals surface area contributed by atoms with E-state index in [-0.39, 0.29) is 23.7 Å². The molecule has 122 valence electrons. The molecule has 1 aromatic rings. The zero-order valence-corrected chi connectivity index (χ0v) is 14.4. The molecular formula is C16H24N2O3S. The van der Waals surface area contributed by atoms with Crippen LogP contribution in [0.3, 0.4) is 0 Å². The van der Waals surface area contributed by atoms with Gasteiger partial charge in [-0.05, 0) is 57.4 Å². The van der Waals surface area contributed by atoms with Gasteiger partial charge >= 0.3 is 0 Å². The van der Waals surface area contributed by atoms with Gasteiger partial charge in [-0.15, -0.1) is 0 Å². The molecule has 0 saturated carbocycles. The van der Waals surface area contributed by atoms with Crippen molar-refractivity contribution < 1.29 is 13.2 Å². The fraction of sp³-hybridized carbons (Fsp3) is 0.562. The Morgan fingerprint density at radius 1 is 1.41 bits per heavy atom. The Hall–Kier alpha value is -1.56. The zero-order chi connectivity index (χ0) is 16.5. The number of hydrogen-bond acceptors (Lipinski definition) is 3. The van der Waals surface area contributed by atoms with E-state index in [1.54, 1.807) is 19.1 Å². The third kappa shape index (κ3) is 3.11. The molecular weight excluding hydrogens is 300 g/mol. The average Bonchev–Trinajstić information content (AvgIpc) is 2.82. The second-order valence-corrected chi connectivity index (χ2v) is 8.01. The maximum absolute atomic E-state index is 12.2. The van der Waals surface area contributed by atoms with Gasteiger partial charge in [0.15, 0.2) is 0 Å². The Morgan fingerprint density at radius 2 is 2.09 bits per heavy atom. The van der Waals surface area contributed by atoms with Gasteiger partial charge < -0.3 is 5.32 Å². The Kier molecular flexibility index (Phi) is 4.80. The fourth-order valence-corrected chi connectivity index (χ4v) is 4.09. The van der Waals surface area contributed by atoms with Gasteiger partial charge in [0.1, 0.15) is 0 Å². The molecule has 0 spiro atoms. The van der Waals surface area contributed by atoms with Crippen LogP contribution in [-0.4, -0.2) is 32.2 Å². The quantitative estimate of drug-likeness (QED) is 0.904. The first-order chi connectivity index (χ1) is 10.3. The van der Waals surface area contributed by atoms with Crippen LogP contribution in [0.5, 0.6) is 0 Å². The highest BCUT2D eigenvalue weighted by Crippen LogP contribution is 2.35. The summed E-state index contributed by atoms with van der Waals surface area (Å²) < 4.78 is 25.9. The number of fused-ring (bicyclic) bond motifs is 1. The Labute approximate surface area is 132 Å². The molecule has 0 aliphatic carbocycles. The third-order valence-corrected chi connectivity index (χ3v) is 6.03. The first-order valence-corrected chi connectivity index (χ1v) is 9.37. The molecule has 22 heavy (non-hydrogen) atoms. The summed E-state index contributed by atoms with van der Waals surface area (Å²) in [7, 11) is -3.28. The monoisotopic (exact) mass is 324 g/mol. The summed E-state index contributed by atoms with van der Waals surface area (Å²) in [5.74, 6) is -0.0332. The Morgan fingerprint density at radius 3 is 2.68 bits per heavy atom. The highest BCUT2D eigenvalue weighted by Gasteiger charge is 2.34. The van der Waals surface area contributed by atoms with Crippen LogP contribution in [0.1, 0.15) is 50.0 Å². The minimum absolute atomic E-state index is 0.0764. The third-order valence-electron chi connectivity index (χ3n) is 4.15. The van der Waals surface area contributed by atoms with Crippen LogP contribution in [0.4, 0.5) is 5.69 Å². The Balaban J connectivity index is 2.31. The number of hydrogen-bond donors (Lipinski definition) is 1. The van der Waals surface area contributed by atoms with Crippen molar-refractivity contribution in [1.82, 2.24) is 5.32 Å². The van der Waals surface area contributed by atoms with E-state index in [2.05, 4.69) is 5.32 Å². The SMILES string of the molecule is CC[C@@H](C)NC(=O)c1ccc2c(c1)C[C@@H](C)N2S(=O)(=O)CC. The van der Waals surface area contributed by atoms with E-state index in [0.29, 0.717) is 17.7 Å². The van der Waals surface area contributed by atoms with Gasteiger partial charge in [-0.2, -0.15) is 0 Å². The number of amides is 1. The average molecular weight is 324 g/mol. The summed E-state index contributed by atoms with van der Waals surface area (Å²) >= 11 is 0. The lowest BCUT2D eigenvalue weighted by Crippen LogP contribution is -2.36. The molecule has 2 atom stereocenters. The van der Waals surface area contributed by atoms with E-state index < -0.39 is 10.0 Å². The van der Waals surface area contributed by atoms with Gasteiger partial charge in [0, 0.05) is 17.6 Å². The van der Waals surface area contributed by atoms with Gasteiger partial charge in [0.05, 0.1) is 11.4 Å². The standard InChI is InChI=1S/C16H24N2O3S/c1-5-11(3)17-16(19)13-7-8-15-14(10-13)9-12(4)18(15)22(20,21)6-2/h7-8,10-12H,5-6,9H2,1-4H3,(H,17,19)/t11-,12-/m1/s1. The molecule has 0 radical (unpaired) electrons. The molecule has 1 amide bonds. The minimum atomic E-state index is -3.28. The number of rotatable bonds is 5. The van der Waals surface area contributed by atoms with Gasteiger partial charge in [-0.25, -0.2) is 8.42 Å². The summed E-state index contributed by atoms with van der Waals surface area (Å²) in [5.41, 5.74) is 2.21. The van der Waals surface area contributed by atoms with Gasteiger partial charge in [-0.1, -0.05) is 6.92 Å². The molecule has 1 aliphatic rings. The normalized spacial score (nSPS) is 18.9. The van der Waals surface area contributed by atoms with Crippen LogP contribution < -0.4 is 9.62 Å². The van der Waals surface area contributed by atoms with Crippen molar-refractivity contribution in [2.75, 3.05) is 10.1 Å². The van der Waals surface area contributed by atoms with Crippen molar-refractivity contribution in [2.45, 2.75) is 52.6 Å². The number of anilines is 1. The molecule has 5 nitrogen and oxygen atoms in total. The van der Waals surface area contributed by atoms with E-state index in [9.17, 15) is 13.2 Å². The van der Waals surface area contributed by atoms with Crippen LogP contribution in [0.2, 0.25) is 0 Å². The molecule has 0 unspecified atom stereocenters. The van der Waals surface area contributed by atoms with Crippen molar-refractivity contribution in [3.05, 3.63) is 29.3 Å². The first kappa shape index (κ1) is 16.8. The van der Waals surface area contributed by atoms with Crippen molar-refractivity contribution in [1.29, 1.82) is 0 Å². The maximum atomic E-state index is 12.2. The highest BCUT2D eigenvalue weighted by molar-refractivity contribution is 7.92. The summed E-state index contributed by atoms with van der Waals surface area (Å²) in [6.07, 6.45) is 1.51. The predicted molar refractivity (Wildman–Crippen MR) is 88.8 cm³/mol. The molecule has 0 fully saturated rings. The zero-order valence-electron chi connectivity index (χ0n) is 13.6. The van der Waals surface area contributed by atoms with Crippen LogP contribution in [0.25, 0.3) is 0 Å². The van der Waals surface area contributed by atoms with Gasteiger partial charge in [0.25, 0.3) is 5.91 Å². The summed E-state index contributed by atoms with van der Waals surface area (Å²) in [4.78, 5) is 12.2. The first-order valence-electron chi connectivity index (χ1n) is 7.76. The molecule has 0 saturated heterocycles. The van der Waals surface area contributed by atoms with Crippen molar-refractivity contribution in [2.24, 2.45) is 0 Å². The number of nitrogens with zero attached hydrogens (tertiary/aromatic N) is 1. The topological polar surface area (TPSA) is 66.5 Å². The van der Waals surface area contributed by atoms with E-state index >= 15 is 0 Å². The smallest absolute Gasteiger partial charge is 0.251 e. The summed E-state index contributed by atoms with van der Waals surface area (Å²) in [6, 6.07) is 5.28. The van der Waals surface area contributed by atoms with Crippen molar-refractivity contribution >= 4 is 21.6 Å². The highest BCUT2D eigenvalue weighted by atomic mass is 32.2. The molecule has 0 aromatic heterocycles. The number of sulfonamides is 1. The molecule has 1 heterocycles. The van der Waals surface area contributed by atoms with Crippen LogP contribution in [0, 0.1) is 0 Å². The predicted octanol–water partition coefficient (Wildman–Crippen LogP) is 2.32. The molecule has 1 N–H and O–H groups in total. The number of benzene rings is 1. The maximum Gasteiger partial charge on any atom is 0.251 e. The summed E-state index contributed by atoms with van der Waals surface area (Å²) in [5, 5.41) is 2.93.